The quantitative estimate of drug-likeness (QED) is 0.575. The molecule has 1 N–H and O–H groups in total. The predicted molar refractivity (Wildman–Crippen MR) is 124 cm³/mol. The van der Waals surface area contributed by atoms with Gasteiger partial charge in [0, 0.05) is 42.6 Å². The minimum absolute atomic E-state index is 0.0933. The van der Waals surface area contributed by atoms with Gasteiger partial charge in [0.1, 0.15) is 5.75 Å². The van der Waals surface area contributed by atoms with Crippen LogP contribution in [0.15, 0.2) is 59.2 Å². The fourth-order valence-corrected chi connectivity index (χ4v) is 4.18. The lowest BCUT2D eigenvalue weighted by molar-refractivity contribution is 0.0714. The van der Waals surface area contributed by atoms with E-state index in [9.17, 15) is 9.59 Å². The van der Waals surface area contributed by atoms with Crippen LogP contribution in [0.25, 0.3) is 0 Å². The number of benzene rings is 2. The lowest BCUT2D eigenvalue weighted by Crippen LogP contribution is -2.48. The lowest BCUT2D eigenvalue weighted by Gasteiger charge is -2.35. The van der Waals surface area contributed by atoms with E-state index in [1.807, 2.05) is 24.3 Å². The molecule has 0 saturated carbocycles. The van der Waals surface area contributed by atoms with Crippen LogP contribution in [-0.4, -0.2) is 50.0 Å². The fourth-order valence-electron chi connectivity index (χ4n) is 3.61. The van der Waals surface area contributed by atoms with Crippen molar-refractivity contribution in [2.24, 2.45) is 0 Å². The van der Waals surface area contributed by atoms with Crippen molar-refractivity contribution in [3.63, 3.8) is 0 Å². The molecule has 3 aromatic rings. The van der Waals surface area contributed by atoms with E-state index < -0.39 is 0 Å². The zero-order valence-corrected chi connectivity index (χ0v) is 18.8. The molecule has 4 rings (SSSR count). The molecule has 7 nitrogen and oxygen atoms in total. The van der Waals surface area contributed by atoms with E-state index in [0.717, 1.165) is 5.69 Å². The summed E-state index contributed by atoms with van der Waals surface area (Å²) in [6, 6.07) is 13.9. The normalized spacial score (nSPS) is 13.7. The zero-order valence-electron chi connectivity index (χ0n) is 17.3. The second-order valence-corrected chi connectivity index (χ2v) is 8.07. The molecule has 166 valence electrons. The number of ether oxygens (including phenoxy) is 1. The second-order valence-electron chi connectivity index (χ2n) is 7.23. The van der Waals surface area contributed by atoms with E-state index in [0.29, 0.717) is 42.6 Å². The van der Waals surface area contributed by atoms with Crippen molar-refractivity contribution in [3.8, 4) is 5.75 Å². The number of furan rings is 1. The third-order valence-corrected chi connectivity index (χ3v) is 5.75. The Balaban J connectivity index is 1.38. The molecule has 0 atom stereocenters. The van der Waals surface area contributed by atoms with Crippen molar-refractivity contribution in [1.29, 1.82) is 0 Å². The number of piperazine rings is 1. The highest BCUT2D eigenvalue weighted by atomic mass is 35.5. The molecule has 1 aliphatic heterocycles. The molecule has 2 amide bonds. The molecule has 1 aliphatic rings. The van der Waals surface area contributed by atoms with Gasteiger partial charge in [0.15, 0.2) is 5.76 Å². The van der Waals surface area contributed by atoms with Gasteiger partial charge in [-0.2, -0.15) is 0 Å². The van der Waals surface area contributed by atoms with Crippen LogP contribution in [0.2, 0.25) is 10.0 Å². The summed E-state index contributed by atoms with van der Waals surface area (Å²) in [6.45, 7) is 2.62. The number of methoxy groups -OCH3 is 1. The third-order valence-electron chi connectivity index (χ3n) is 5.25. The van der Waals surface area contributed by atoms with E-state index in [1.165, 1.54) is 25.5 Å². The number of hydrogen-bond donors (Lipinski definition) is 1. The Bertz CT molecular complexity index is 1110. The van der Waals surface area contributed by atoms with Crippen molar-refractivity contribution in [2.75, 3.05) is 43.5 Å². The van der Waals surface area contributed by atoms with Crippen LogP contribution in [0.4, 0.5) is 11.4 Å². The summed E-state index contributed by atoms with van der Waals surface area (Å²) in [7, 11) is 1.45. The Morgan fingerprint density at radius 1 is 1.03 bits per heavy atom. The first-order valence-corrected chi connectivity index (χ1v) is 10.7. The topological polar surface area (TPSA) is 75.0 Å². The molecule has 0 radical (unpaired) electrons. The molecular weight excluding hydrogens is 453 g/mol. The number of halogens is 2. The van der Waals surface area contributed by atoms with Crippen molar-refractivity contribution in [2.45, 2.75) is 0 Å². The van der Waals surface area contributed by atoms with Crippen molar-refractivity contribution < 1.29 is 18.7 Å². The lowest BCUT2D eigenvalue weighted by atomic mass is 10.1. The Morgan fingerprint density at radius 2 is 1.75 bits per heavy atom. The van der Waals surface area contributed by atoms with Crippen LogP contribution in [0.1, 0.15) is 20.9 Å². The van der Waals surface area contributed by atoms with Gasteiger partial charge in [-0.1, -0.05) is 23.2 Å². The van der Waals surface area contributed by atoms with Gasteiger partial charge in [-0.15, -0.1) is 0 Å². The van der Waals surface area contributed by atoms with Crippen LogP contribution in [-0.2, 0) is 0 Å². The number of rotatable bonds is 5. The van der Waals surface area contributed by atoms with Crippen molar-refractivity contribution in [3.05, 3.63) is 76.2 Å². The van der Waals surface area contributed by atoms with Gasteiger partial charge in [0.05, 0.1) is 24.0 Å². The largest absolute Gasteiger partial charge is 0.494 e. The number of nitrogens with zero attached hydrogens (tertiary/aromatic N) is 2. The van der Waals surface area contributed by atoms with Crippen molar-refractivity contribution >= 4 is 46.4 Å². The average molecular weight is 474 g/mol. The number of hydrogen-bond acceptors (Lipinski definition) is 5. The summed E-state index contributed by atoms with van der Waals surface area (Å²) in [4.78, 5) is 29.1. The maximum Gasteiger partial charge on any atom is 0.289 e. The number of nitrogens with one attached hydrogen (secondary N) is 1. The Hall–Kier alpha value is -3.16. The smallest absolute Gasteiger partial charge is 0.289 e. The van der Waals surface area contributed by atoms with Crippen LogP contribution < -0.4 is 15.0 Å². The van der Waals surface area contributed by atoms with Gasteiger partial charge >= 0.3 is 0 Å². The van der Waals surface area contributed by atoms with Gasteiger partial charge in [0.25, 0.3) is 11.8 Å². The minimum atomic E-state index is -0.371. The Morgan fingerprint density at radius 3 is 2.38 bits per heavy atom. The summed E-state index contributed by atoms with van der Waals surface area (Å²) in [5, 5.41) is 3.45. The summed E-state index contributed by atoms with van der Waals surface area (Å²) in [6.07, 6.45) is 1.50. The Kier molecular flexibility index (Phi) is 6.58. The first-order chi connectivity index (χ1) is 15.5. The molecule has 1 fully saturated rings. The molecule has 2 aromatic carbocycles. The highest BCUT2D eigenvalue weighted by molar-refractivity contribution is 6.36. The number of anilines is 2. The van der Waals surface area contributed by atoms with Gasteiger partial charge in [0.2, 0.25) is 0 Å². The first-order valence-electron chi connectivity index (χ1n) is 9.98. The molecule has 2 heterocycles. The SMILES string of the molecule is COc1c(Cl)cc(Cl)cc1C(=O)Nc1ccc(N2CCN(C(=O)c3ccco3)CC2)cc1. The van der Waals surface area contributed by atoms with Gasteiger partial charge in [-0.3, -0.25) is 9.59 Å². The van der Waals surface area contributed by atoms with E-state index >= 15 is 0 Å². The van der Waals surface area contributed by atoms with Crippen molar-refractivity contribution in [1.82, 2.24) is 4.90 Å². The number of carbonyl (C=O) groups excluding carboxylic acids is 2. The van der Waals surface area contributed by atoms with Crippen LogP contribution in [0, 0.1) is 0 Å². The standard InChI is InChI=1S/C23H21Cl2N3O4/c1-31-21-18(13-15(24)14-19(21)25)22(29)26-16-4-6-17(7-5-16)27-8-10-28(11-9-27)23(30)20-3-2-12-32-20/h2-7,12-14H,8-11H2,1H3,(H,26,29). The number of carbonyl (C=O) groups is 2. The van der Waals surface area contributed by atoms with Crippen LogP contribution in [0.5, 0.6) is 5.75 Å². The average Bonchev–Trinajstić information content (AvgIpc) is 3.34. The van der Waals surface area contributed by atoms with E-state index in [4.69, 9.17) is 32.4 Å². The molecule has 0 aliphatic carbocycles. The molecule has 1 aromatic heterocycles. The fraction of sp³-hybridized carbons (Fsp3) is 0.217. The van der Waals surface area contributed by atoms with Crippen LogP contribution in [0.3, 0.4) is 0 Å². The van der Waals surface area contributed by atoms with Gasteiger partial charge in [-0.25, -0.2) is 0 Å². The molecule has 32 heavy (non-hydrogen) atoms. The number of amides is 2. The van der Waals surface area contributed by atoms with E-state index in [1.54, 1.807) is 17.0 Å². The minimum Gasteiger partial charge on any atom is -0.494 e. The molecule has 1 saturated heterocycles. The maximum absolute atomic E-state index is 12.7. The van der Waals surface area contributed by atoms with E-state index in [-0.39, 0.29) is 28.1 Å². The molecule has 9 heteroatoms. The highest BCUT2D eigenvalue weighted by Gasteiger charge is 2.24. The zero-order chi connectivity index (χ0) is 22.7. The summed E-state index contributed by atoms with van der Waals surface area (Å²) in [5.41, 5.74) is 1.89. The first kappa shape index (κ1) is 22.0. The molecule has 0 unspecified atom stereocenters. The predicted octanol–water partition coefficient (Wildman–Crippen LogP) is 4.81. The molecular formula is C23H21Cl2N3O4. The second kappa shape index (κ2) is 9.54. The third kappa shape index (κ3) is 4.69. The highest BCUT2D eigenvalue weighted by Crippen LogP contribution is 2.32. The van der Waals surface area contributed by atoms with E-state index in [2.05, 4.69) is 10.2 Å². The monoisotopic (exact) mass is 473 g/mol. The summed E-state index contributed by atoms with van der Waals surface area (Å²) >= 11 is 12.2. The summed E-state index contributed by atoms with van der Waals surface area (Å²) in [5.74, 6) is 0.164. The Labute approximate surface area is 195 Å². The molecule has 0 bridgehead atoms. The van der Waals surface area contributed by atoms with Crippen LogP contribution >= 0.6 is 23.2 Å². The molecule has 0 spiro atoms. The summed E-state index contributed by atoms with van der Waals surface area (Å²) < 4.78 is 10.4. The van der Waals surface area contributed by atoms with Gasteiger partial charge < -0.3 is 24.3 Å². The maximum atomic E-state index is 12.7. The van der Waals surface area contributed by atoms with Gasteiger partial charge in [-0.05, 0) is 48.5 Å².